The third kappa shape index (κ3) is 4.55. The highest BCUT2D eigenvalue weighted by Crippen LogP contribution is 2.38. The molecular formula is C25H29BrN4O2. The van der Waals surface area contributed by atoms with Gasteiger partial charge in [0.05, 0.1) is 11.0 Å². The van der Waals surface area contributed by atoms with E-state index in [2.05, 4.69) is 68.2 Å². The Labute approximate surface area is 196 Å². The van der Waals surface area contributed by atoms with Crippen LogP contribution in [0.4, 0.5) is 0 Å². The molecule has 1 amide bonds. The number of imidazole rings is 1. The molecule has 1 aromatic heterocycles. The summed E-state index contributed by atoms with van der Waals surface area (Å²) in [7, 11) is 0. The van der Waals surface area contributed by atoms with Crippen LogP contribution in [0.2, 0.25) is 0 Å². The number of likely N-dealkylation sites (tertiary alicyclic amines) is 1. The summed E-state index contributed by atoms with van der Waals surface area (Å²) < 4.78 is 7.19. The van der Waals surface area contributed by atoms with Gasteiger partial charge in [-0.1, -0.05) is 34.1 Å². The zero-order valence-corrected chi connectivity index (χ0v) is 20.2. The molecule has 2 aromatic carbocycles. The van der Waals surface area contributed by atoms with E-state index in [0.29, 0.717) is 18.3 Å². The molecule has 6 nitrogen and oxygen atoms in total. The van der Waals surface area contributed by atoms with Gasteiger partial charge in [0.15, 0.2) is 5.82 Å². The van der Waals surface area contributed by atoms with E-state index in [-0.39, 0.29) is 11.5 Å². The summed E-state index contributed by atoms with van der Waals surface area (Å²) in [5, 5.41) is 3.07. The van der Waals surface area contributed by atoms with Gasteiger partial charge in [-0.25, -0.2) is 4.98 Å². The quantitative estimate of drug-likeness (QED) is 0.537. The van der Waals surface area contributed by atoms with Crippen LogP contribution in [-0.4, -0.2) is 46.0 Å². The van der Waals surface area contributed by atoms with Crippen molar-refractivity contribution in [2.24, 2.45) is 5.92 Å². The Hall–Kier alpha value is -2.38. The van der Waals surface area contributed by atoms with Crippen molar-refractivity contribution in [2.45, 2.75) is 45.3 Å². The Bertz CT molecular complexity index is 1150. The van der Waals surface area contributed by atoms with Gasteiger partial charge in [-0.3, -0.25) is 9.69 Å². The maximum absolute atomic E-state index is 12.6. The lowest BCUT2D eigenvalue weighted by atomic mass is 9.96. The first kappa shape index (κ1) is 21.5. The second-order valence-electron chi connectivity index (χ2n) is 9.62. The zero-order valence-electron chi connectivity index (χ0n) is 18.6. The molecule has 2 aliphatic heterocycles. The van der Waals surface area contributed by atoms with Gasteiger partial charge in [0.25, 0.3) is 5.91 Å². The topological polar surface area (TPSA) is 70.2 Å². The smallest absolute Gasteiger partial charge is 0.287 e. The Morgan fingerprint density at radius 3 is 2.91 bits per heavy atom. The summed E-state index contributed by atoms with van der Waals surface area (Å²) in [6.07, 6.45) is 3.13. The lowest BCUT2D eigenvalue weighted by molar-refractivity contribution is 0.0925. The number of rotatable bonds is 5. The lowest BCUT2D eigenvalue weighted by Crippen LogP contribution is -2.38. The minimum Gasteiger partial charge on any atom is -0.487 e. The average molecular weight is 497 g/mol. The van der Waals surface area contributed by atoms with Crippen molar-refractivity contribution >= 4 is 32.9 Å². The van der Waals surface area contributed by atoms with Gasteiger partial charge in [-0.2, -0.15) is 0 Å². The van der Waals surface area contributed by atoms with Crippen LogP contribution in [0.5, 0.6) is 5.75 Å². The average Bonchev–Trinajstić information content (AvgIpc) is 3.32. The number of ether oxygens (including phenoxy) is 1. The standard InChI is InChI=1S/C25H29BrN4O2/c1-25(2)13-17-4-3-5-18(22(17)32-25)15-30-10-8-16(9-11-30)14-27-24(31)23-28-20-7-6-19(26)12-21(20)29-23/h3-7,12,16H,8-11,13-15H2,1-2H3,(H,27,31)(H,28,29). The molecule has 168 valence electrons. The molecule has 0 radical (unpaired) electrons. The Morgan fingerprint density at radius 2 is 2.09 bits per heavy atom. The van der Waals surface area contributed by atoms with Gasteiger partial charge < -0.3 is 15.0 Å². The Balaban J connectivity index is 1.12. The molecule has 3 aromatic rings. The number of para-hydroxylation sites is 1. The van der Waals surface area contributed by atoms with E-state index in [1.165, 1.54) is 11.1 Å². The maximum Gasteiger partial charge on any atom is 0.287 e. The van der Waals surface area contributed by atoms with Gasteiger partial charge in [0, 0.05) is 29.5 Å². The molecule has 0 saturated carbocycles. The molecule has 0 aliphatic carbocycles. The van der Waals surface area contributed by atoms with Gasteiger partial charge in [-0.15, -0.1) is 0 Å². The summed E-state index contributed by atoms with van der Waals surface area (Å²) in [5.41, 5.74) is 4.16. The van der Waals surface area contributed by atoms with E-state index in [0.717, 1.165) is 60.2 Å². The molecular weight excluding hydrogens is 468 g/mol. The largest absolute Gasteiger partial charge is 0.487 e. The molecule has 0 bridgehead atoms. The number of fused-ring (bicyclic) bond motifs is 2. The summed E-state index contributed by atoms with van der Waals surface area (Å²) >= 11 is 3.44. The summed E-state index contributed by atoms with van der Waals surface area (Å²) in [5.74, 6) is 1.81. The van der Waals surface area contributed by atoms with Crippen LogP contribution in [0.3, 0.4) is 0 Å². The minimum absolute atomic E-state index is 0.111. The van der Waals surface area contributed by atoms with Crippen LogP contribution in [-0.2, 0) is 13.0 Å². The highest BCUT2D eigenvalue weighted by Gasteiger charge is 2.32. The lowest BCUT2D eigenvalue weighted by Gasteiger charge is -2.32. The number of aromatic nitrogens is 2. The molecule has 7 heteroatoms. The second-order valence-corrected chi connectivity index (χ2v) is 10.5. The molecule has 2 aliphatic rings. The first-order valence-corrected chi connectivity index (χ1v) is 12.1. The molecule has 0 spiro atoms. The number of hydrogen-bond acceptors (Lipinski definition) is 4. The van der Waals surface area contributed by atoms with Crippen LogP contribution in [0, 0.1) is 5.92 Å². The molecule has 1 saturated heterocycles. The van der Waals surface area contributed by atoms with Crippen LogP contribution < -0.4 is 10.1 Å². The molecule has 0 atom stereocenters. The fourth-order valence-electron chi connectivity index (χ4n) is 4.80. The molecule has 3 heterocycles. The van der Waals surface area contributed by atoms with Crippen molar-refractivity contribution < 1.29 is 9.53 Å². The number of nitrogens with zero attached hydrogens (tertiary/aromatic N) is 2. The number of aromatic amines is 1. The van der Waals surface area contributed by atoms with Crippen molar-refractivity contribution in [3.8, 4) is 5.75 Å². The summed E-state index contributed by atoms with van der Waals surface area (Å²) in [4.78, 5) is 22.6. The van der Waals surface area contributed by atoms with Crippen molar-refractivity contribution in [3.63, 3.8) is 0 Å². The number of nitrogens with one attached hydrogen (secondary N) is 2. The van der Waals surface area contributed by atoms with Gasteiger partial charge in [0.1, 0.15) is 11.4 Å². The second kappa shape index (κ2) is 8.52. The number of hydrogen-bond donors (Lipinski definition) is 2. The summed E-state index contributed by atoms with van der Waals surface area (Å²) in [6.45, 7) is 7.98. The number of amides is 1. The van der Waals surface area contributed by atoms with Crippen molar-refractivity contribution in [1.29, 1.82) is 0 Å². The first-order valence-electron chi connectivity index (χ1n) is 11.3. The van der Waals surface area contributed by atoms with Crippen molar-refractivity contribution in [3.05, 3.63) is 57.8 Å². The van der Waals surface area contributed by atoms with Crippen LogP contribution >= 0.6 is 15.9 Å². The van der Waals surface area contributed by atoms with Gasteiger partial charge >= 0.3 is 0 Å². The number of carbonyl (C=O) groups is 1. The van der Waals surface area contributed by atoms with E-state index < -0.39 is 0 Å². The van der Waals surface area contributed by atoms with E-state index in [1.807, 2.05) is 18.2 Å². The van der Waals surface area contributed by atoms with Gasteiger partial charge in [0.2, 0.25) is 0 Å². The molecule has 0 unspecified atom stereocenters. The number of H-pyrrole nitrogens is 1. The highest BCUT2D eigenvalue weighted by molar-refractivity contribution is 9.10. The zero-order chi connectivity index (χ0) is 22.3. The third-order valence-electron chi connectivity index (χ3n) is 6.49. The van der Waals surface area contributed by atoms with Gasteiger partial charge in [-0.05, 0) is 69.5 Å². The van der Waals surface area contributed by atoms with E-state index in [9.17, 15) is 4.79 Å². The van der Waals surface area contributed by atoms with E-state index >= 15 is 0 Å². The molecule has 1 fully saturated rings. The van der Waals surface area contributed by atoms with Crippen LogP contribution in [0.1, 0.15) is 48.4 Å². The van der Waals surface area contributed by atoms with E-state index in [4.69, 9.17) is 4.74 Å². The first-order chi connectivity index (χ1) is 15.4. The monoisotopic (exact) mass is 496 g/mol. The molecule has 5 rings (SSSR count). The van der Waals surface area contributed by atoms with Crippen molar-refractivity contribution in [1.82, 2.24) is 20.2 Å². The fraction of sp³-hybridized carbons (Fsp3) is 0.440. The number of halogens is 1. The normalized spacial score (nSPS) is 18.5. The molecule has 32 heavy (non-hydrogen) atoms. The summed E-state index contributed by atoms with van der Waals surface area (Å²) in [6, 6.07) is 12.3. The maximum atomic E-state index is 12.6. The van der Waals surface area contributed by atoms with Crippen LogP contribution in [0.25, 0.3) is 11.0 Å². The minimum atomic E-state index is -0.139. The predicted octanol–water partition coefficient (Wildman–Crippen LogP) is 4.68. The SMILES string of the molecule is CC1(C)Cc2cccc(CN3CCC(CNC(=O)c4nc5cc(Br)ccc5[nH]4)CC3)c2O1. The number of benzene rings is 2. The Kier molecular flexibility index (Phi) is 5.72. The van der Waals surface area contributed by atoms with Crippen molar-refractivity contribution in [2.75, 3.05) is 19.6 Å². The highest BCUT2D eigenvalue weighted by atomic mass is 79.9. The van der Waals surface area contributed by atoms with E-state index in [1.54, 1.807) is 0 Å². The molecule has 2 N–H and O–H groups in total. The number of piperidine rings is 1. The number of carbonyl (C=O) groups excluding carboxylic acids is 1. The van der Waals surface area contributed by atoms with Crippen LogP contribution in [0.15, 0.2) is 40.9 Å². The third-order valence-corrected chi connectivity index (χ3v) is 6.98. The fourth-order valence-corrected chi connectivity index (χ4v) is 5.15. The Morgan fingerprint density at radius 1 is 1.28 bits per heavy atom. The predicted molar refractivity (Wildman–Crippen MR) is 129 cm³/mol.